The van der Waals surface area contributed by atoms with Crippen molar-refractivity contribution in [2.24, 2.45) is 5.41 Å². The first-order valence-electron chi connectivity index (χ1n) is 9.99. The summed E-state index contributed by atoms with van der Waals surface area (Å²) < 4.78 is 45.9. The predicted octanol–water partition coefficient (Wildman–Crippen LogP) is 3.27. The molecule has 11 heteroatoms. The van der Waals surface area contributed by atoms with Crippen LogP contribution in [-0.4, -0.2) is 68.9 Å². The number of piperidine rings is 1. The molecular weight excluding hydrogens is 455 g/mol. The van der Waals surface area contributed by atoms with Gasteiger partial charge in [0.15, 0.2) is 0 Å². The average Bonchev–Trinajstić information content (AvgIpc) is 2.69. The van der Waals surface area contributed by atoms with E-state index >= 15 is 0 Å². The molecule has 4 rings (SSSR count). The molecule has 0 unspecified atom stereocenters. The van der Waals surface area contributed by atoms with Gasteiger partial charge in [-0.2, -0.15) is 13.2 Å². The Kier molecular flexibility index (Phi) is 6.19. The number of anilines is 1. The minimum atomic E-state index is -4.71. The lowest BCUT2D eigenvalue weighted by atomic mass is 9.77. The number of benzene rings is 1. The topological polar surface area (TPSA) is 61.9 Å². The summed E-state index contributed by atoms with van der Waals surface area (Å²) in [4.78, 5) is 27.6. The van der Waals surface area contributed by atoms with Crippen molar-refractivity contribution >= 4 is 41.4 Å². The fourth-order valence-electron chi connectivity index (χ4n) is 4.45. The Morgan fingerprint density at radius 1 is 1.39 bits per heavy atom. The third-order valence-corrected chi connectivity index (χ3v) is 8.20. The van der Waals surface area contributed by atoms with Crippen molar-refractivity contribution < 1.29 is 27.5 Å². The first-order valence-corrected chi connectivity index (χ1v) is 11.4. The normalized spacial score (nSPS) is 23.3. The summed E-state index contributed by atoms with van der Waals surface area (Å²) in [6.07, 6.45) is -2.41. The van der Waals surface area contributed by atoms with Crippen molar-refractivity contribution in [3.8, 4) is 0 Å². The number of nitrogens with zero attached hydrogens (tertiary/aromatic N) is 2. The molecule has 0 aliphatic carbocycles. The van der Waals surface area contributed by atoms with Crippen molar-refractivity contribution in [2.75, 3.05) is 50.5 Å². The lowest BCUT2D eigenvalue weighted by molar-refractivity contribution is -0.139. The van der Waals surface area contributed by atoms with Crippen molar-refractivity contribution in [2.45, 2.75) is 30.0 Å². The number of hydrogen-bond acceptors (Lipinski definition) is 6. The predicted molar refractivity (Wildman–Crippen MR) is 112 cm³/mol. The maximum absolute atomic E-state index is 13.5. The summed E-state index contributed by atoms with van der Waals surface area (Å²) in [7, 11) is 1.76. The molecule has 0 bridgehead atoms. The molecular formula is C20H23ClF3N3O3S. The van der Waals surface area contributed by atoms with Gasteiger partial charge in [-0.15, -0.1) is 11.8 Å². The first kappa shape index (κ1) is 22.7. The zero-order valence-corrected chi connectivity index (χ0v) is 18.5. The Morgan fingerprint density at radius 3 is 2.61 bits per heavy atom. The fourth-order valence-corrected chi connectivity index (χ4v) is 6.18. The molecule has 0 saturated carbocycles. The number of carbonyl (C=O) groups excluding carboxylic acids is 2. The lowest BCUT2D eigenvalue weighted by Gasteiger charge is -2.48. The molecule has 3 aliphatic heterocycles. The van der Waals surface area contributed by atoms with Crippen LogP contribution in [0.1, 0.15) is 28.8 Å². The highest BCUT2D eigenvalue weighted by atomic mass is 35.5. The number of thioether (sulfide) groups is 1. The van der Waals surface area contributed by atoms with Gasteiger partial charge in [-0.05, 0) is 32.0 Å². The molecule has 3 aliphatic rings. The number of likely N-dealkylation sites (tertiary alicyclic amines) is 1. The number of alkyl halides is 3. The molecule has 3 heterocycles. The van der Waals surface area contributed by atoms with Crippen LogP contribution in [0.5, 0.6) is 0 Å². The molecule has 1 spiro atoms. The summed E-state index contributed by atoms with van der Waals surface area (Å²) in [5, 5.41) is 1.55. The van der Waals surface area contributed by atoms with Gasteiger partial charge >= 0.3 is 6.18 Å². The van der Waals surface area contributed by atoms with Gasteiger partial charge in [-0.1, -0.05) is 11.6 Å². The number of fused-ring (bicyclic) bond motifs is 1. The van der Waals surface area contributed by atoms with Gasteiger partial charge in [0.2, 0.25) is 6.41 Å². The summed E-state index contributed by atoms with van der Waals surface area (Å²) in [5.74, 6) is -0.337. The molecule has 0 aromatic heterocycles. The summed E-state index contributed by atoms with van der Waals surface area (Å²) in [6, 6.07) is 0.723. The van der Waals surface area contributed by atoms with E-state index in [0.717, 1.165) is 51.8 Å². The second-order valence-electron chi connectivity index (χ2n) is 8.42. The third-order valence-electron chi connectivity index (χ3n) is 6.46. The van der Waals surface area contributed by atoms with Gasteiger partial charge in [0.25, 0.3) is 5.91 Å². The van der Waals surface area contributed by atoms with E-state index in [2.05, 4.69) is 4.90 Å². The van der Waals surface area contributed by atoms with Crippen molar-refractivity contribution in [1.29, 1.82) is 0 Å². The van der Waals surface area contributed by atoms with Crippen LogP contribution in [-0.2, 0) is 15.7 Å². The second-order valence-corrected chi connectivity index (χ2v) is 9.83. The molecule has 6 nitrogen and oxygen atoms in total. The van der Waals surface area contributed by atoms with E-state index in [0.29, 0.717) is 16.9 Å². The molecule has 0 radical (unpaired) electrons. The highest BCUT2D eigenvalue weighted by molar-refractivity contribution is 7.99. The number of carbonyl (C=O) groups is 2. The van der Waals surface area contributed by atoms with E-state index in [-0.39, 0.29) is 22.9 Å². The maximum atomic E-state index is 13.5. The fraction of sp³-hybridized carbons (Fsp3) is 0.600. The van der Waals surface area contributed by atoms with Gasteiger partial charge in [-0.3, -0.25) is 14.9 Å². The summed E-state index contributed by atoms with van der Waals surface area (Å²) in [6.45, 7) is 4.26. The van der Waals surface area contributed by atoms with Gasteiger partial charge in [-0.25, -0.2) is 0 Å². The van der Waals surface area contributed by atoms with E-state index in [1.165, 1.54) is 11.8 Å². The molecule has 1 aromatic carbocycles. The summed E-state index contributed by atoms with van der Waals surface area (Å²) in [5.41, 5.74) is -0.632. The zero-order valence-electron chi connectivity index (χ0n) is 16.9. The van der Waals surface area contributed by atoms with Crippen LogP contribution in [0.4, 0.5) is 18.9 Å². The number of imide groups is 1. The monoisotopic (exact) mass is 477 g/mol. The second kappa shape index (κ2) is 8.46. The number of halogens is 4. The van der Waals surface area contributed by atoms with E-state index in [4.69, 9.17) is 16.3 Å². The standard InChI is InChI=1S/C20H23ClF3N3O3S/c1-26-12(7-27-4-2-19(3-5-27)9-30-10-19)8-31-17-15(21)14(20(22,23)24)6-13(16(17)26)18(29)25-11-28/h6,11-12H,2-5,7-10H2,1H3,(H,25,28,29)/t12-/m0/s1. The van der Waals surface area contributed by atoms with Crippen molar-refractivity contribution in [1.82, 2.24) is 10.2 Å². The largest absolute Gasteiger partial charge is 0.417 e. The minimum Gasteiger partial charge on any atom is -0.380 e. The van der Waals surface area contributed by atoms with E-state index in [1.54, 1.807) is 7.05 Å². The molecule has 2 amide bonds. The molecule has 170 valence electrons. The van der Waals surface area contributed by atoms with Gasteiger partial charge in [0.1, 0.15) is 0 Å². The number of amides is 2. The highest BCUT2D eigenvalue weighted by Crippen LogP contribution is 2.49. The first-order chi connectivity index (χ1) is 14.6. The maximum Gasteiger partial charge on any atom is 0.417 e. The Labute approximate surface area is 187 Å². The molecule has 2 saturated heterocycles. The van der Waals surface area contributed by atoms with E-state index in [1.807, 2.05) is 10.2 Å². The molecule has 2 fully saturated rings. The Morgan fingerprint density at radius 2 is 2.06 bits per heavy atom. The summed E-state index contributed by atoms with van der Waals surface area (Å²) >= 11 is 7.36. The smallest absolute Gasteiger partial charge is 0.380 e. The van der Waals surface area contributed by atoms with Crippen LogP contribution < -0.4 is 10.2 Å². The van der Waals surface area contributed by atoms with Crippen molar-refractivity contribution in [3.05, 3.63) is 22.2 Å². The SMILES string of the molecule is CN1c2c(C(=O)NC=O)cc(C(F)(F)F)c(Cl)c2SC[C@@H]1CN1CCC2(CC1)COC2. The number of likely N-dealkylation sites (N-methyl/N-ethyl adjacent to an activating group) is 1. The Balaban J connectivity index is 1.60. The van der Waals surface area contributed by atoms with Crippen LogP contribution in [0.3, 0.4) is 0 Å². The van der Waals surface area contributed by atoms with Gasteiger partial charge in [0.05, 0.1) is 46.0 Å². The minimum absolute atomic E-state index is 0.0141. The third kappa shape index (κ3) is 4.27. The molecule has 1 N–H and O–H groups in total. The van der Waals surface area contributed by atoms with Crippen LogP contribution in [0, 0.1) is 5.41 Å². The number of rotatable bonds is 4. The van der Waals surface area contributed by atoms with Crippen LogP contribution >= 0.6 is 23.4 Å². The zero-order chi connectivity index (χ0) is 22.4. The number of ether oxygens (including phenoxy) is 1. The number of hydrogen-bond donors (Lipinski definition) is 1. The number of nitrogens with one attached hydrogen (secondary N) is 1. The van der Waals surface area contributed by atoms with Crippen LogP contribution in [0.25, 0.3) is 0 Å². The molecule has 1 atom stereocenters. The molecule has 31 heavy (non-hydrogen) atoms. The average molecular weight is 478 g/mol. The van der Waals surface area contributed by atoms with E-state index in [9.17, 15) is 22.8 Å². The van der Waals surface area contributed by atoms with Gasteiger partial charge in [0, 0.05) is 24.8 Å². The molecule has 1 aromatic rings. The lowest BCUT2D eigenvalue weighted by Crippen LogP contribution is -2.54. The Bertz CT molecular complexity index is 885. The van der Waals surface area contributed by atoms with Gasteiger partial charge < -0.3 is 14.5 Å². The Hall–Kier alpha value is -1.49. The highest BCUT2D eigenvalue weighted by Gasteiger charge is 2.43. The van der Waals surface area contributed by atoms with Crippen molar-refractivity contribution in [3.63, 3.8) is 0 Å². The van der Waals surface area contributed by atoms with E-state index < -0.39 is 22.7 Å². The van der Waals surface area contributed by atoms with Crippen LogP contribution in [0.2, 0.25) is 5.02 Å². The van der Waals surface area contributed by atoms with Crippen LogP contribution in [0.15, 0.2) is 11.0 Å². The quantitative estimate of drug-likeness (QED) is 0.672.